The van der Waals surface area contributed by atoms with Crippen molar-refractivity contribution in [1.29, 1.82) is 0 Å². The molecule has 0 aliphatic rings. The van der Waals surface area contributed by atoms with Crippen molar-refractivity contribution in [2.24, 2.45) is 5.73 Å². The Hall–Kier alpha value is -0.120. The average molecular weight is 188 g/mol. The Morgan fingerprint density at radius 1 is 1.15 bits per heavy atom. The van der Waals surface area contributed by atoms with Crippen molar-refractivity contribution < 1.29 is 4.74 Å². The SMILES string of the molecule is CCN(CCCCCN)CCOC. The number of nitrogens with two attached hydrogens (primary N) is 1. The zero-order valence-electron chi connectivity index (χ0n) is 9.09. The molecule has 0 unspecified atom stereocenters. The van der Waals surface area contributed by atoms with Crippen molar-refractivity contribution >= 4 is 0 Å². The lowest BCUT2D eigenvalue weighted by Crippen LogP contribution is -2.28. The summed E-state index contributed by atoms with van der Waals surface area (Å²) in [5.41, 5.74) is 5.42. The van der Waals surface area contributed by atoms with Crippen LogP contribution in [0.4, 0.5) is 0 Å². The third-order valence-electron chi connectivity index (χ3n) is 2.24. The van der Waals surface area contributed by atoms with Crippen LogP contribution in [-0.4, -0.2) is 44.8 Å². The van der Waals surface area contributed by atoms with Crippen LogP contribution in [-0.2, 0) is 4.74 Å². The first-order chi connectivity index (χ1) is 6.35. The van der Waals surface area contributed by atoms with Crippen LogP contribution in [0, 0.1) is 0 Å². The van der Waals surface area contributed by atoms with Crippen LogP contribution >= 0.6 is 0 Å². The first-order valence-corrected chi connectivity index (χ1v) is 5.26. The van der Waals surface area contributed by atoms with Gasteiger partial charge in [-0.25, -0.2) is 0 Å². The van der Waals surface area contributed by atoms with Crippen molar-refractivity contribution in [3.63, 3.8) is 0 Å². The molecule has 0 aliphatic heterocycles. The number of unbranched alkanes of at least 4 members (excludes halogenated alkanes) is 2. The minimum atomic E-state index is 0.824. The van der Waals surface area contributed by atoms with Gasteiger partial charge >= 0.3 is 0 Å². The lowest BCUT2D eigenvalue weighted by Gasteiger charge is -2.19. The van der Waals surface area contributed by atoms with Crippen molar-refractivity contribution in [3.8, 4) is 0 Å². The first kappa shape index (κ1) is 12.9. The zero-order chi connectivity index (χ0) is 9.94. The van der Waals surface area contributed by atoms with Crippen molar-refractivity contribution in [3.05, 3.63) is 0 Å². The van der Waals surface area contributed by atoms with Gasteiger partial charge in [0, 0.05) is 13.7 Å². The van der Waals surface area contributed by atoms with E-state index in [2.05, 4.69) is 11.8 Å². The number of ether oxygens (including phenoxy) is 1. The molecule has 0 amide bonds. The van der Waals surface area contributed by atoms with Gasteiger partial charge in [-0.15, -0.1) is 0 Å². The normalized spacial score (nSPS) is 11.1. The highest BCUT2D eigenvalue weighted by Gasteiger charge is 2.00. The zero-order valence-corrected chi connectivity index (χ0v) is 9.09. The van der Waals surface area contributed by atoms with E-state index in [1.807, 2.05) is 0 Å². The van der Waals surface area contributed by atoms with Gasteiger partial charge in [0.05, 0.1) is 6.61 Å². The van der Waals surface area contributed by atoms with Crippen LogP contribution < -0.4 is 5.73 Å². The number of likely N-dealkylation sites (N-methyl/N-ethyl adjacent to an activating group) is 1. The van der Waals surface area contributed by atoms with E-state index in [0.29, 0.717) is 0 Å². The second-order valence-corrected chi connectivity index (χ2v) is 3.28. The molecule has 0 saturated heterocycles. The number of nitrogens with zero attached hydrogens (tertiary/aromatic N) is 1. The average Bonchev–Trinajstić information content (AvgIpc) is 2.17. The molecule has 0 saturated carbocycles. The summed E-state index contributed by atoms with van der Waals surface area (Å²) in [4.78, 5) is 2.42. The Balaban J connectivity index is 3.25. The Morgan fingerprint density at radius 2 is 1.92 bits per heavy atom. The molecule has 13 heavy (non-hydrogen) atoms. The minimum absolute atomic E-state index is 0.824. The van der Waals surface area contributed by atoms with E-state index in [4.69, 9.17) is 10.5 Å². The largest absolute Gasteiger partial charge is 0.383 e. The van der Waals surface area contributed by atoms with Crippen molar-refractivity contribution in [1.82, 2.24) is 4.90 Å². The van der Waals surface area contributed by atoms with Crippen LogP contribution in [0.1, 0.15) is 26.2 Å². The maximum Gasteiger partial charge on any atom is 0.0589 e. The van der Waals surface area contributed by atoms with E-state index < -0.39 is 0 Å². The quantitative estimate of drug-likeness (QED) is 0.550. The molecule has 80 valence electrons. The highest BCUT2D eigenvalue weighted by molar-refractivity contribution is 4.55. The molecule has 0 fully saturated rings. The predicted molar refractivity (Wildman–Crippen MR) is 56.9 cm³/mol. The molecule has 0 aliphatic carbocycles. The minimum Gasteiger partial charge on any atom is -0.383 e. The lowest BCUT2D eigenvalue weighted by atomic mass is 10.2. The Bertz CT molecular complexity index is 98.9. The predicted octanol–water partition coefficient (Wildman–Crippen LogP) is 1.08. The van der Waals surface area contributed by atoms with Crippen LogP contribution in [0.3, 0.4) is 0 Å². The van der Waals surface area contributed by atoms with Gasteiger partial charge in [0.2, 0.25) is 0 Å². The highest BCUT2D eigenvalue weighted by atomic mass is 16.5. The molecule has 0 spiro atoms. The summed E-state index contributed by atoms with van der Waals surface area (Å²) in [6.07, 6.45) is 3.66. The molecule has 0 atom stereocenters. The molecule has 0 rings (SSSR count). The van der Waals surface area contributed by atoms with Gasteiger partial charge < -0.3 is 15.4 Å². The van der Waals surface area contributed by atoms with Crippen molar-refractivity contribution in [2.75, 3.05) is 39.9 Å². The Morgan fingerprint density at radius 3 is 2.46 bits per heavy atom. The summed E-state index contributed by atoms with van der Waals surface area (Å²) in [6, 6.07) is 0. The second-order valence-electron chi connectivity index (χ2n) is 3.28. The van der Waals surface area contributed by atoms with E-state index in [1.54, 1.807) is 7.11 Å². The summed E-state index contributed by atoms with van der Waals surface area (Å²) in [5, 5.41) is 0. The molecule has 0 radical (unpaired) electrons. The third-order valence-corrected chi connectivity index (χ3v) is 2.24. The lowest BCUT2D eigenvalue weighted by molar-refractivity contribution is 0.149. The van der Waals surface area contributed by atoms with Crippen LogP contribution in [0.15, 0.2) is 0 Å². The number of rotatable bonds is 9. The van der Waals surface area contributed by atoms with E-state index in [9.17, 15) is 0 Å². The maximum absolute atomic E-state index is 5.42. The van der Waals surface area contributed by atoms with Crippen molar-refractivity contribution in [2.45, 2.75) is 26.2 Å². The summed E-state index contributed by atoms with van der Waals surface area (Å²) in [7, 11) is 1.75. The summed E-state index contributed by atoms with van der Waals surface area (Å²) >= 11 is 0. The Labute approximate surface area is 82.2 Å². The smallest absolute Gasteiger partial charge is 0.0589 e. The number of hydrogen-bond acceptors (Lipinski definition) is 3. The monoisotopic (exact) mass is 188 g/mol. The molecular weight excluding hydrogens is 164 g/mol. The molecule has 2 N–H and O–H groups in total. The van der Waals surface area contributed by atoms with Gasteiger partial charge in [-0.2, -0.15) is 0 Å². The van der Waals surface area contributed by atoms with Gasteiger partial charge in [-0.3, -0.25) is 0 Å². The van der Waals surface area contributed by atoms with Gasteiger partial charge in [-0.1, -0.05) is 13.3 Å². The fourth-order valence-corrected chi connectivity index (χ4v) is 1.30. The standard InChI is InChI=1S/C10H24N2O/c1-3-12(9-10-13-2)8-6-4-5-7-11/h3-11H2,1-2H3. The van der Waals surface area contributed by atoms with E-state index >= 15 is 0 Å². The number of hydrogen-bond donors (Lipinski definition) is 1. The fraction of sp³-hybridized carbons (Fsp3) is 1.00. The van der Waals surface area contributed by atoms with E-state index in [1.165, 1.54) is 19.4 Å². The molecule has 0 heterocycles. The summed E-state index contributed by atoms with van der Waals surface area (Å²) in [5.74, 6) is 0. The maximum atomic E-state index is 5.42. The first-order valence-electron chi connectivity index (χ1n) is 5.26. The molecule has 0 aromatic carbocycles. The van der Waals surface area contributed by atoms with Gasteiger partial charge in [0.15, 0.2) is 0 Å². The fourth-order valence-electron chi connectivity index (χ4n) is 1.30. The summed E-state index contributed by atoms with van der Waals surface area (Å²) < 4.78 is 5.04. The second kappa shape index (κ2) is 9.96. The molecule has 0 aromatic heterocycles. The van der Waals surface area contributed by atoms with Crippen LogP contribution in [0.5, 0.6) is 0 Å². The summed E-state index contributed by atoms with van der Waals surface area (Å²) in [6.45, 7) is 7.20. The van der Waals surface area contributed by atoms with Gasteiger partial charge in [0.25, 0.3) is 0 Å². The Kier molecular flexibility index (Phi) is 9.87. The van der Waals surface area contributed by atoms with Gasteiger partial charge in [0.1, 0.15) is 0 Å². The highest BCUT2D eigenvalue weighted by Crippen LogP contribution is 1.97. The molecule has 3 heteroatoms. The van der Waals surface area contributed by atoms with E-state index in [0.717, 1.165) is 32.7 Å². The third kappa shape index (κ3) is 8.22. The molecule has 3 nitrogen and oxygen atoms in total. The van der Waals surface area contributed by atoms with Gasteiger partial charge in [-0.05, 0) is 32.5 Å². The van der Waals surface area contributed by atoms with Crippen LogP contribution in [0.2, 0.25) is 0 Å². The molecule has 0 aromatic rings. The molecular formula is C10H24N2O. The molecule has 0 bridgehead atoms. The van der Waals surface area contributed by atoms with E-state index in [-0.39, 0.29) is 0 Å². The van der Waals surface area contributed by atoms with Crippen LogP contribution in [0.25, 0.3) is 0 Å². The number of methoxy groups -OCH3 is 1. The topological polar surface area (TPSA) is 38.5 Å².